The maximum atomic E-state index is 9.83. The lowest BCUT2D eigenvalue weighted by Crippen LogP contribution is -2.56. The van der Waals surface area contributed by atoms with Crippen molar-refractivity contribution >= 4 is 0 Å². The molecule has 5 heteroatoms. The van der Waals surface area contributed by atoms with E-state index in [1.165, 1.54) is 7.11 Å². The molecule has 0 aromatic heterocycles. The van der Waals surface area contributed by atoms with E-state index < -0.39 is 30.5 Å². The van der Waals surface area contributed by atoms with E-state index in [1.54, 1.807) is 6.92 Å². The second-order valence-electron chi connectivity index (χ2n) is 3.81. The van der Waals surface area contributed by atoms with Crippen molar-refractivity contribution in [2.45, 2.75) is 31.5 Å². The van der Waals surface area contributed by atoms with Crippen molar-refractivity contribution in [3.05, 3.63) is 12.2 Å². The van der Waals surface area contributed by atoms with Gasteiger partial charge in [-0.05, 0) is 6.92 Å². The average Bonchev–Trinajstić information content (AvgIpc) is 2.20. The molecule has 0 aromatic rings. The summed E-state index contributed by atoms with van der Waals surface area (Å²) in [6.45, 7) is 5.09. The molecule has 0 saturated carbocycles. The summed E-state index contributed by atoms with van der Waals surface area (Å²) in [5, 5.41) is 28.4. The van der Waals surface area contributed by atoms with Crippen molar-refractivity contribution in [2.24, 2.45) is 5.92 Å². The molecule has 5 atom stereocenters. The molecule has 0 amide bonds. The van der Waals surface area contributed by atoms with Gasteiger partial charge in [0.05, 0.1) is 18.6 Å². The van der Waals surface area contributed by atoms with Crippen LogP contribution in [0.4, 0.5) is 0 Å². The van der Waals surface area contributed by atoms with Crippen molar-refractivity contribution in [2.75, 3.05) is 13.7 Å². The summed E-state index contributed by atoms with van der Waals surface area (Å²) in [5.74, 6) is -0.479. The summed E-state index contributed by atoms with van der Waals surface area (Å²) in [6.07, 6.45) is -3.65. The summed E-state index contributed by atoms with van der Waals surface area (Å²) >= 11 is 0. The van der Waals surface area contributed by atoms with Crippen LogP contribution in [-0.2, 0) is 9.47 Å². The minimum Gasteiger partial charge on any atom is -0.394 e. The molecule has 1 rings (SSSR count). The molecule has 0 radical (unpaired) electrons. The first-order chi connectivity index (χ1) is 7.02. The Morgan fingerprint density at radius 2 is 2.00 bits per heavy atom. The van der Waals surface area contributed by atoms with Gasteiger partial charge in [0.2, 0.25) is 0 Å². The van der Waals surface area contributed by atoms with E-state index in [0.29, 0.717) is 5.57 Å². The van der Waals surface area contributed by atoms with E-state index in [0.717, 1.165) is 0 Å². The van der Waals surface area contributed by atoms with Gasteiger partial charge in [-0.3, -0.25) is 0 Å². The van der Waals surface area contributed by atoms with Crippen LogP contribution in [0.15, 0.2) is 12.2 Å². The largest absolute Gasteiger partial charge is 0.394 e. The van der Waals surface area contributed by atoms with Gasteiger partial charge in [0.1, 0.15) is 12.2 Å². The number of rotatable bonds is 3. The number of hydrogen-bond acceptors (Lipinski definition) is 5. The van der Waals surface area contributed by atoms with Gasteiger partial charge in [0, 0.05) is 7.11 Å². The Morgan fingerprint density at radius 3 is 2.40 bits per heavy atom. The third-order valence-electron chi connectivity index (χ3n) is 2.68. The lowest BCUT2D eigenvalue weighted by molar-refractivity contribution is -0.270. The number of aliphatic hydroxyl groups is 3. The number of methoxy groups -OCH3 is 1. The van der Waals surface area contributed by atoms with Crippen molar-refractivity contribution in [1.29, 1.82) is 0 Å². The standard InChI is InChI=1S/C10H18O5/c1-5(2)7-9(13)8(12)6(4-11)15-10(7)14-3/h6-13H,1,4H2,2-3H3/t6?,7?,8?,9?,10-/m1/s1. The van der Waals surface area contributed by atoms with Crippen LogP contribution in [0.1, 0.15) is 6.92 Å². The van der Waals surface area contributed by atoms with Gasteiger partial charge in [-0.1, -0.05) is 12.2 Å². The van der Waals surface area contributed by atoms with E-state index in [4.69, 9.17) is 14.6 Å². The molecular formula is C10H18O5. The molecule has 0 aliphatic carbocycles. The lowest BCUT2D eigenvalue weighted by Gasteiger charge is -2.41. The van der Waals surface area contributed by atoms with Crippen molar-refractivity contribution in [1.82, 2.24) is 0 Å². The Morgan fingerprint density at radius 1 is 1.40 bits per heavy atom. The van der Waals surface area contributed by atoms with Gasteiger partial charge in [-0.15, -0.1) is 0 Å². The average molecular weight is 218 g/mol. The second kappa shape index (κ2) is 5.05. The maximum Gasteiger partial charge on any atom is 0.166 e. The number of aliphatic hydroxyl groups excluding tert-OH is 3. The predicted octanol–water partition coefficient (Wildman–Crippen LogP) is -0.736. The van der Waals surface area contributed by atoms with Crippen LogP contribution < -0.4 is 0 Å². The smallest absolute Gasteiger partial charge is 0.166 e. The summed E-state index contributed by atoms with van der Waals surface area (Å²) in [7, 11) is 1.44. The van der Waals surface area contributed by atoms with Crippen molar-refractivity contribution in [3.8, 4) is 0 Å². The fourth-order valence-corrected chi connectivity index (χ4v) is 1.81. The minimum absolute atomic E-state index is 0.360. The Hall–Kier alpha value is -0.460. The Labute approximate surface area is 88.9 Å². The molecule has 5 nitrogen and oxygen atoms in total. The van der Waals surface area contributed by atoms with Crippen LogP contribution in [-0.4, -0.2) is 53.6 Å². The van der Waals surface area contributed by atoms with Gasteiger partial charge in [-0.25, -0.2) is 0 Å². The van der Waals surface area contributed by atoms with Crippen LogP contribution in [0.3, 0.4) is 0 Å². The molecule has 15 heavy (non-hydrogen) atoms. The zero-order valence-corrected chi connectivity index (χ0v) is 8.96. The first kappa shape index (κ1) is 12.6. The van der Waals surface area contributed by atoms with Crippen molar-refractivity contribution in [3.63, 3.8) is 0 Å². The number of hydrogen-bond donors (Lipinski definition) is 3. The second-order valence-corrected chi connectivity index (χ2v) is 3.81. The highest BCUT2D eigenvalue weighted by Crippen LogP contribution is 2.30. The predicted molar refractivity (Wildman–Crippen MR) is 53.1 cm³/mol. The Kier molecular flexibility index (Phi) is 4.24. The molecule has 4 unspecified atom stereocenters. The van der Waals surface area contributed by atoms with E-state index in [2.05, 4.69) is 6.58 Å². The molecule has 1 saturated heterocycles. The monoisotopic (exact) mass is 218 g/mol. The van der Waals surface area contributed by atoms with E-state index in [9.17, 15) is 10.2 Å². The zero-order chi connectivity index (χ0) is 11.6. The molecule has 88 valence electrons. The van der Waals surface area contributed by atoms with E-state index >= 15 is 0 Å². The Bertz CT molecular complexity index is 228. The summed E-state index contributed by atoms with van der Waals surface area (Å²) in [5.41, 5.74) is 0.671. The highest BCUT2D eigenvalue weighted by atomic mass is 16.7. The molecule has 1 aliphatic rings. The maximum absolute atomic E-state index is 9.83. The minimum atomic E-state index is -1.12. The molecule has 3 N–H and O–H groups in total. The number of ether oxygens (including phenoxy) is 2. The molecular weight excluding hydrogens is 200 g/mol. The first-order valence-electron chi connectivity index (χ1n) is 4.83. The molecule has 0 spiro atoms. The van der Waals surface area contributed by atoms with E-state index in [-0.39, 0.29) is 6.61 Å². The van der Waals surface area contributed by atoms with Crippen LogP contribution in [0.2, 0.25) is 0 Å². The van der Waals surface area contributed by atoms with E-state index in [1.807, 2.05) is 0 Å². The van der Waals surface area contributed by atoms with Gasteiger partial charge in [-0.2, -0.15) is 0 Å². The normalized spacial score (nSPS) is 41.5. The fourth-order valence-electron chi connectivity index (χ4n) is 1.81. The lowest BCUT2D eigenvalue weighted by atomic mass is 9.86. The molecule has 0 bridgehead atoms. The molecule has 1 aliphatic heterocycles. The van der Waals surface area contributed by atoms with Crippen LogP contribution >= 0.6 is 0 Å². The zero-order valence-electron chi connectivity index (χ0n) is 8.96. The molecule has 1 heterocycles. The quantitative estimate of drug-likeness (QED) is 0.544. The highest BCUT2D eigenvalue weighted by Gasteiger charge is 2.44. The van der Waals surface area contributed by atoms with Crippen LogP contribution in [0.5, 0.6) is 0 Å². The topological polar surface area (TPSA) is 79.2 Å². The van der Waals surface area contributed by atoms with Gasteiger partial charge in [0.15, 0.2) is 6.29 Å². The fraction of sp³-hybridized carbons (Fsp3) is 0.800. The molecule has 1 fully saturated rings. The van der Waals surface area contributed by atoms with Crippen LogP contribution in [0, 0.1) is 5.92 Å². The Balaban J connectivity index is 2.84. The summed E-state index contributed by atoms with van der Waals surface area (Å²) < 4.78 is 10.3. The van der Waals surface area contributed by atoms with Crippen LogP contribution in [0.25, 0.3) is 0 Å². The first-order valence-corrected chi connectivity index (χ1v) is 4.83. The molecule has 0 aromatic carbocycles. The van der Waals surface area contributed by atoms with Crippen molar-refractivity contribution < 1.29 is 24.8 Å². The summed E-state index contributed by atoms with van der Waals surface area (Å²) in [6, 6.07) is 0. The van der Waals surface area contributed by atoms with Gasteiger partial charge < -0.3 is 24.8 Å². The van der Waals surface area contributed by atoms with Gasteiger partial charge >= 0.3 is 0 Å². The van der Waals surface area contributed by atoms with Gasteiger partial charge in [0.25, 0.3) is 0 Å². The SMILES string of the molecule is C=C(C)C1C(O)C(O)C(CO)O[C@H]1OC. The summed E-state index contributed by atoms with van der Waals surface area (Å²) in [4.78, 5) is 0. The highest BCUT2D eigenvalue weighted by molar-refractivity contribution is 5.06. The third kappa shape index (κ3) is 2.38. The third-order valence-corrected chi connectivity index (χ3v) is 2.68.